The van der Waals surface area contributed by atoms with Crippen LogP contribution in [0.15, 0.2) is 97.2 Å². The van der Waals surface area contributed by atoms with E-state index in [2.05, 4.69) is 104 Å². The lowest BCUT2D eigenvalue weighted by molar-refractivity contribution is -0.122. The van der Waals surface area contributed by atoms with Crippen LogP contribution in [0.25, 0.3) is 0 Å². The van der Waals surface area contributed by atoms with Crippen LogP contribution in [0.4, 0.5) is 0 Å². The van der Waals surface area contributed by atoms with Crippen molar-refractivity contribution in [2.75, 3.05) is 19.8 Å². The maximum Gasteiger partial charge on any atom is 0.472 e. The summed E-state index contributed by atoms with van der Waals surface area (Å²) in [5.74, 6) is -0.254. The van der Waals surface area contributed by atoms with Gasteiger partial charge in [0.2, 0.25) is 5.91 Å². The molecular weight excluding hydrogens is 780 g/mol. The molecule has 0 aliphatic carbocycles. The number of unbranched alkanes of at least 4 members (excludes halogenated alkanes) is 18. The minimum Gasteiger partial charge on any atom is -0.387 e. The van der Waals surface area contributed by atoms with Gasteiger partial charge in [0.25, 0.3) is 0 Å². The SMILES string of the molecule is CC/C=C\C/C=C\C/C=C\C/C=C\C/C=C\C/C=C\C/C=C\CCCC(=O)NC(COP(=O)(O)OCCN)C(O)/C=C/CCCCCCCCCCCCCCCCCCC. The molecule has 8 nitrogen and oxygen atoms in total. The van der Waals surface area contributed by atoms with Gasteiger partial charge in [0.1, 0.15) is 0 Å². The molecule has 0 aromatic heterocycles. The second-order valence-electron chi connectivity index (χ2n) is 15.9. The zero-order valence-corrected chi connectivity index (χ0v) is 39.8. The second kappa shape index (κ2) is 46.9. The van der Waals surface area contributed by atoms with E-state index in [1.165, 1.54) is 96.3 Å². The van der Waals surface area contributed by atoms with Gasteiger partial charge < -0.3 is 21.1 Å². The van der Waals surface area contributed by atoms with Crippen molar-refractivity contribution in [3.63, 3.8) is 0 Å². The van der Waals surface area contributed by atoms with Crippen molar-refractivity contribution in [1.29, 1.82) is 0 Å². The predicted molar refractivity (Wildman–Crippen MR) is 262 cm³/mol. The molecule has 0 bridgehead atoms. The Labute approximate surface area is 374 Å². The Hall–Kier alpha value is -2.58. The highest BCUT2D eigenvalue weighted by molar-refractivity contribution is 7.47. The number of phosphoric ester groups is 1. The average Bonchev–Trinajstić information content (AvgIpc) is 3.25. The van der Waals surface area contributed by atoms with E-state index < -0.39 is 20.0 Å². The van der Waals surface area contributed by atoms with Gasteiger partial charge in [0.05, 0.1) is 25.4 Å². The average molecular weight is 871 g/mol. The third kappa shape index (κ3) is 45.3. The summed E-state index contributed by atoms with van der Waals surface area (Å²) in [6.45, 7) is 3.97. The van der Waals surface area contributed by atoms with E-state index in [0.29, 0.717) is 6.42 Å². The molecule has 9 heteroatoms. The molecule has 0 saturated heterocycles. The number of amides is 1. The molecule has 350 valence electrons. The summed E-state index contributed by atoms with van der Waals surface area (Å²) in [7, 11) is -4.37. The predicted octanol–water partition coefficient (Wildman–Crippen LogP) is 14.3. The highest BCUT2D eigenvalue weighted by atomic mass is 31.2. The van der Waals surface area contributed by atoms with Crippen LogP contribution in [0.1, 0.15) is 194 Å². The topological polar surface area (TPSA) is 131 Å². The highest BCUT2D eigenvalue weighted by Crippen LogP contribution is 2.43. The number of nitrogens with two attached hydrogens (primary N) is 1. The van der Waals surface area contributed by atoms with Crippen LogP contribution in [-0.4, -0.2) is 47.8 Å². The summed E-state index contributed by atoms with van der Waals surface area (Å²) >= 11 is 0. The third-order valence-electron chi connectivity index (χ3n) is 10.2. The first kappa shape index (κ1) is 58.4. The van der Waals surface area contributed by atoms with Gasteiger partial charge in [-0.15, -0.1) is 0 Å². The van der Waals surface area contributed by atoms with Crippen LogP contribution >= 0.6 is 7.82 Å². The number of phosphoric acid groups is 1. The van der Waals surface area contributed by atoms with Gasteiger partial charge in [-0.05, 0) is 70.6 Å². The number of rotatable bonds is 44. The zero-order chi connectivity index (χ0) is 44.6. The molecule has 61 heavy (non-hydrogen) atoms. The molecular formula is C52H91N2O6P. The molecule has 0 aromatic carbocycles. The van der Waals surface area contributed by atoms with Crippen LogP contribution in [0.2, 0.25) is 0 Å². The van der Waals surface area contributed by atoms with Gasteiger partial charge in [-0.2, -0.15) is 0 Å². The third-order valence-corrected chi connectivity index (χ3v) is 11.1. The van der Waals surface area contributed by atoms with Crippen molar-refractivity contribution in [3.8, 4) is 0 Å². The Morgan fingerprint density at radius 2 is 0.951 bits per heavy atom. The molecule has 0 aromatic rings. The first-order valence-corrected chi connectivity index (χ1v) is 25.9. The first-order valence-electron chi connectivity index (χ1n) is 24.4. The van der Waals surface area contributed by atoms with Crippen LogP contribution in [0.5, 0.6) is 0 Å². The molecule has 0 aliphatic heterocycles. The smallest absolute Gasteiger partial charge is 0.387 e. The molecule has 0 radical (unpaired) electrons. The van der Waals surface area contributed by atoms with Crippen molar-refractivity contribution in [1.82, 2.24) is 5.32 Å². The zero-order valence-electron chi connectivity index (χ0n) is 38.9. The molecule has 0 fully saturated rings. The number of nitrogens with one attached hydrogen (secondary N) is 1. The van der Waals surface area contributed by atoms with Crippen molar-refractivity contribution in [2.24, 2.45) is 5.73 Å². The van der Waals surface area contributed by atoms with Crippen molar-refractivity contribution >= 4 is 13.7 Å². The summed E-state index contributed by atoms with van der Waals surface area (Å²) < 4.78 is 22.2. The largest absolute Gasteiger partial charge is 0.472 e. The Morgan fingerprint density at radius 1 is 0.557 bits per heavy atom. The summed E-state index contributed by atoms with van der Waals surface area (Å²) in [4.78, 5) is 22.8. The number of allylic oxidation sites excluding steroid dienone is 15. The van der Waals surface area contributed by atoms with E-state index in [-0.39, 0.29) is 32.1 Å². The van der Waals surface area contributed by atoms with Crippen LogP contribution in [0.3, 0.4) is 0 Å². The number of hydrogen-bond donors (Lipinski definition) is 4. The van der Waals surface area contributed by atoms with Gasteiger partial charge >= 0.3 is 7.82 Å². The Kier molecular flexibility index (Phi) is 44.9. The summed E-state index contributed by atoms with van der Waals surface area (Å²) in [6.07, 6.45) is 64.7. The van der Waals surface area contributed by atoms with E-state index in [0.717, 1.165) is 70.6 Å². The maximum atomic E-state index is 12.8. The molecule has 0 rings (SSSR count). The van der Waals surface area contributed by atoms with Crippen LogP contribution < -0.4 is 11.1 Å². The second-order valence-corrected chi connectivity index (χ2v) is 17.4. The number of hydrogen-bond acceptors (Lipinski definition) is 6. The molecule has 5 N–H and O–H groups in total. The highest BCUT2D eigenvalue weighted by Gasteiger charge is 2.26. The maximum absolute atomic E-state index is 12.8. The lowest BCUT2D eigenvalue weighted by Gasteiger charge is -2.23. The fourth-order valence-electron chi connectivity index (χ4n) is 6.53. The number of carbonyl (C=O) groups is 1. The van der Waals surface area contributed by atoms with Gasteiger partial charge in [-0.25, -0.2) is 4.57 Å². The van der Waals surface area contributed by atoms with E-state index in [4.69, 9.17) is 14.8 Å². The molecule has 0 spiro atoms. The van der Waals surface area contributed by atoms with E-state index in [1.807, 2.05) is 6.08 Å². The molecule has 0 heterocycles. The van der Waals surface area contributed by atoms with Crippen LogP contribution in [0, 0.1) is 0 Å². The Bertz CT molecular complexity index is 1270. The minimum atomic E-state index is -4.37. The molecule has 3 unspecified atom stereocenters. The quantitative estimate of drug-likeness (QED) is 0.0272. The molecule has 1 amide bonds. The lowest BCUT2D eigenvalue weighted by atomic mass is 10.0. The molecule has 0 aliphatic rings. The van der Waals surface area contributed by atoms with Gasteiger partial charge in [-0.1, -0.05) is 214 Å². The summed E-state index contributed by atoms with van der Waals surface area (Å²) in [5, 5.41) is 13.7. The Morgan fingerprint density at radius 3 is 1.38 bits per heavy atom. The number of aliphatic hydroxyl groups is 1. The minimum absolute atomic E-state index is 0.0642. The van der Waals surface area contributed by atoms with Crippen molar-refractivity contribution in [2.45, 2.75) is 206 Å². The number of aliphatic hydroxyl groups excluding tert-OH is 1. The molecule has 3 atom stereocenters. The van der Waals surface area contributed by atoms with Gasteiger partial charge in [0, 0.05) is 13.0 Å². The normalized spacial score (nSPS) is 14.8. The van der Waals surface area contributed by atoms with Crippen LogP contribution in [-0.2, 0) is 18.4 Å². The summed E-state index contributed by atoms with van der Waals surface area (Å²) in [5.41, 5.74) is 5.38. The van der Waals surface area contributed by atoms with Crippen molar-refractivity contribution < 1.29 is 28.4 Å². The van der Waals surface area contributed by atoms with Gasteiger partial charge in [-0.3, -0.25) is 13.8 Å². The fourth-order valence-corrected chi connectivity index (χ4v) is 7.29. The first-order chi connectivity index (χ1) is 29.9. The Balaban J connectivity index is 4.29. The van der Waals surface area contributed by atoms with E-state index in [1.54, 1.807) is 6.08 Å². The van der Waals surface area contributed by atoms with E-state index in [9.17, 15) is 19.4 Å². The van der Waals surface area contributed by atoms with Crippen molar-refractivity contribution in [3.05, 3.63) is 97.2 Å². The monoisotopic (exact) mass is 871 g/mol. The molecule has 0 saturated carbocycles. The van der Waals surface area contributed by atoms with E-state index >= 15 is 0 Å². The fraction of sp³-hybridized carbons (Fsp3) is 0.673. The lowest BCUT2D eigenvalue weighted by Crippen LogP contribution is -2.45. The van der Waals surface area contributed by atoms with Gasteiger partial charge in [0.15, 0.2) is 0 Å². The summed E-state index contributed by atoms with van der Waals surface area (Å²) in [6, 6.07) is -0.898. The standard InChI is InChI=1S/C52H91N2O6P/c1-3-5-7-9-11-13-15-17-19-21-23-24-25-26-28-30-32-34-36-38-40-42-44-46-52(56)54-50(49-60-61(57,58)59-48-47-53)51(55)45-43-41-39-37-35-33-31-29-27-22-20-18-16-14-12-10-8-6-4-2/h5,7,11,13,17,19,23-24,26,28,32,34,38,40,43,45,50-51,55H,3-4,6,8-10,12,14-16,18,20-22,25,27,29-31,33,35-37,39,41-42,44,46-49,53H2,1-2H3,(H,54,56)(H,57,58)/b7-5-,13-11-,19-17-,24-23-,28-26-,34-32-,40-38-,45-43+. The number of carbonyl (C=O) groups excluding carboxylic acids is 1.